The summed E-state index contributed by atoms with van der Waals surface area (Å²) in [6.07, 6.45) is 1.52. The maximum absolute atomic E-state index is 12.4. The first-order valence-electron chi connectivity index (χ1n) is 11.8. The molecule has 5 heteroatoms. The lowest BCUT2D eigenvalue weighted by Gasteiger charge is -2.57. The molecule has 1 aliphatic heterocycles. The van der Waals surface area contributed by atoms with E-state index < -0.39 is 23.2 Å². The lowest BCUT2D eigenvalue weighted by molar-refractivity contribution is -0.299. The third-order valence-electron chi connectivity index (χ3n) is 6.19. The number of carbonyl (C=O) groups excluding carboxylic acids is 2. The lowest BCUT2D eigenvalue weighted by Crippen LogP contribution is -2.68. The minimum Gasteiger partial charge on any atom is -0.452 e. The summed E-state index contributed by atoms with van der Waals surface area (Å²) in [6.45, 7) is 13.1. The summed E-state index contributed by atoms with van der Waals surface area (Å²) in [4.78, 5) is 29.8. The van der Waals surface area contributed by atoms with Crippen LogP contribution in [-0.2, 0) is 19.2 Å². The normalized spacial score (nSPS) is 22.8. The van der Waals surface area contributed by atoms with Gasteiger partial charge in [0.15, 0.2) is 0 Å². The average Bonchev–Trinajstić information content (AvgIpc) is 2.87. The van der Waals surface area contributed by atoms with Crippen molar-refractivity contribution >= 4 is 11.9 Å². The number of carbonyl (C=O) groups is 2. The van der Waals surface area contributed by atoms with Gasteiger partial charge >= 0.3 is 11.9 Å². The second kappa shape index (κ2) is 15.4. The van der Waals surface area contributed by atoms with Crippen molar-refractivity contribution < 1.29 is 42.0 Å². The van der Waals surface area contributed by atoms with Crippen LogP contribution in [0.4, 0.5) is 0 Å². The van der Waals surface area contributed by atoms with Gasteiger partial charge in [-0.1, -0.05) is 26.7 Å². The van der Waals surface area contributed by atoms with Gasteiger partial charge in [-0.15, -0.1) is 5.06 Å². The van der Waals surface area contributed by atoms with Gasteiger partial charge in [-0.05, 0) is 116 Å². The Hall–Kier alpha value is -4.62. The fraction of sp³-hybridized carbons (Fsp3) is 0.438. The third-order valence-corrected chi connectivity index (χ3v) is 6.19. The lowest BCUT2D eigenvalue weighted by atomic mass is 9.69. The molecule has 0 spiro atoms. The molecule has 1 rings (SSSR count). The highest BCUT2D eigenvalue weighted by atomic mass is 16.7. The van der Waals surface area contributed by atoms with Crippen LogP contribution in [-0.4, -0.2) is 34.2 Å². The summed E-state index contributed by atoms with van der Waals surface area (Å²) in [5.41, 5.74) is -1.01. The van der Waals surface area contributed by atoms with E-state index in [2.05, 4.69) is 94.7 Å². The Labute approximate surface area is 245 Å². The molecule has 0 bridgehead atoms. The summed E-state index contributed by atoms with van der Waals surface area (Å²) in [5.74, 6) is 39.0. The number of esters is 1. The number of piperidine rings is 1. The molecular weight excluding hydrogens is 462 g/mol. The van der Waals surface area contributed by atoms with Crippen molar-refractivity contribution in [2.45, 2.75) is 84.9 Å². The molecule has 1 aliphatic rings. The molecule has 1 fully saturated rings. The molecule has 0 saturated carbocycles. The van der Waals surface area contributed by atoms with Crippen molar-refractivity contribution in [2.75, 3.05) is 0 Å². The van der Waals surface area contributed by atoms with Crippen molar-refractivity contribution in [3.8, 4) is 94.7 Å². The van der Waals surface area contributed by atoms with Gasteiger partial charge in [-0.3, -0.25) is 4.79 Å². The zero-order valence-corrected chi connectivity index (χ0v) is 22.4. The molecule has 5 nitrogen and oxygen atoms in total. The molecule has 37 heavy (non-hydrogen) atoms. The van der Waals surface area contributed by atoms with Crippen molar-refractivity contribution in [1.82, 2.24) is 5.06 Å². The maximum Gasteiger partial charge on any atom is 0.385 e. The zero-order chi connectivity index (χ0) is 27.7. The van der Waals surface area contributed by atoms with Crippen LogP contribution in [0.25, 0.3) is 0 Å². The molecule has 1 saturated heterocycles. The third kappa shape index (κ3) is 9.51. The Kier molecular flexibility index (Phi) is 12.6. The van der Waals surface area contributed by atoms with Crippen LogP contribution in [0.5, 0.6) is 0 Å². The predicted molar refractivity (Wildman–Crippen MR) is 176 cm³/mol. The summed E-state index contributed by atoms with van der Waals surface area (Å²) in [6, 6.07) is 0. The van der Waals surface area contributed by atoms with Crippen molar-refractivity contribution in [3.05, 3.63) is 0 Å². The monoisotopic (exact) mass is 523 g/mol. The van der Waals surface area contributed by atoms with Crippen molar-refractivity contribution in [2.24, 2.45) is 5.92 Å². The van der Waals surface area contributed by atoms with Gasteiger partial charge in [0.05, 0.1) is 11.1 Å². The summed E-state index contributed by atoms with van der Waals surface area (Å²) in [5, 5.41) is 1.80. The van der Waals surface area contributed by atoms with E-state index in [-0.39, 0.29) is 34.7 Å². The summed E-state index contributed by atoms with van der Waals surface area (Å²) < 4.78 is 5.72. The number of nitrogens with zero attached hydrogens (tertiary/aromatic N) is 1. The van der Waals surface area contributed by atoms with Gasteiger partial charge in [0, 0.05) is 48.0 Å². The molecule has 0 aliphatic carbocycles. The summed E-state index contributed by atoms with van der Waals surface area (Å²) in [7, 11) is 0. The van der Waals surface area contributed by atoms with E-state index in [4.69, 9.17) is 9.57 Å². The van der Waals surface area contributed by atoms with Crippen LogP contribution < -0.4 is 0 Å². The van der Waals surface area contributed by atoms with Crippen LogP contribution in [0.2, 0.25) is 0 Å². The largest absolute Gasteiger partial charge is 0.452 e. The van der Waals surface area contributed by atoms with Crippen LogP contribution in [0.3, 0.4) is 0 Å². The number of ether oxygens (including phenoxy) is 1. The molecule has 218 valence electrons. The molecule has 4 atom stereocenters. The zero-order valence-electron chi connectivity index (χ0n) is 22.4. The van der Waals surface area contributed by atoms with Crippen LogP contribution in [0, 0.1) is 101 Å². The van der Waals surface area contributed by atoms with Crippen LogP contribution in [0.15, 0.2) is 0 Å². The van der Waals surface area contributed by atoms with E-state index in [0.717, 1.165) is 0 Å². The molecule has 1 heterocycles. The highest BCUT2D eigenvalue weighted by molar-refractivity contribution is 5.89. The van der Waals surface area contributed by atoms with Gasteiger partial charge in [0.2, 0.25) is 0 Å². The minimum absolute atomic E-state index is 0. The molecule has 0 aromatic rings. The smallest absolute Gasteiger partial charge is 0.385 e. The van der Waals surface area contributed by atoms with E-state index in [1.54, 1.807) is 12.0 Å². The van der Waals surface area contributed by atoms with E-state index in [0.29, 0.717) is 19.3 Å². The molecule has 0 amide bonds. The van der Waals surface area contributed by atoms with Gasteiger partial charge in [-0.25, -0.2) is 4.79 Å². The average molecular weight is 524 g/mol. The fourth-order valence-electron chi connectivity index (χ4n) is 3.82. The van der Waals surface area contributed by atoms with Gasteiger partial charge < -0.3 is 9.57 Å². The Morgan fingerprint density at radius 1 is 0.838 bits per heavy atom. The van der Waals surface area contributed by atoms with Gasteiger partial charge in [0.25, 0.3) is 0 Å². The van der Waals surface area contributed by atoms with Gasteiger partial charge in [0.1, 0.15) is 6.10 Å². The molecule has 4 unspecified atom stereocenters. The standard InChI is InChI=1S/C32H29NO4.16H2/c1-8-11-12-13-14-15-16-17-18-19-20-21-22-23-24-25-30(35)36-29-26-31(6,9-2)33(37-28(5)34)32(7,10-3)27(29)4;;;;;;;;;;;;;;;;/h27,29H,9-10,26H2,1-7H3;16*1H. The number of rotatable bonds is 4. The second-order valence-corrected chi connectivity index (χ2v) is 8.50. The fourth-order valence-corrected chi connectivity index (χ4v) is 3.82. The molecule has 0 aromatic carbocycles. The molecule has 0 N–H and O–H groups in total. The Bertz CT molecular complexity index is 1440. The topological polar surface area (TPSA) is 55.8 Å². The van der Waals surface area contributed by atoms with E-state index in [9.17, 15) is 9.59 Å². The Morgan fingerprint density at radius 2 is 1.30 bits per heavy atom. The molecule has 0 aromatic heterocycles. The minimum atomic E-state index is -0.667. The van der Waals surface area contributed by atoms with Crippen LogP contribution in [0.1, 0.15) is 90.6 Å². The molecule has 0 radical (unpaired) electrons. The van der Waals surface area contributed by atoms with Crippen molar-refractivity contribution in [3.63, 3.8) is 0 Å². The van der Waals surface area contributed by atoms with Crippen LogP contribution >= 0.6 is 0 Å². The van der Waals surface area contributed by atoms with Gasteiger partial charge in [-0.2, -0.15) is 0 Å². The number of hydrogen-bond donors (Lipinski definition) is 0. The predicted octanol–water partition coefficient (Wildman–Crippen LogP) is 7.04. The number of hydroxylamine groups is 2. The van der Waals surface area contributed by atoms with E-state index in [1.165, 1.54) is 6.92 Å². The second-order valence-electron chi connectivity index (χ2n) is 8.50. The Balaban J connectivity index is -0.0000000611. The SMILES string of the molecule is CC#CC#CC#CC#CC#CC#CC#CC#CC(=O)OC1CC(C)(CC)N(OC(C)=O)C(C)(CC)C1C.[HH].[HH].[HH].[HH].[HH].[HH].[HH].[HH].[HH].[HH].[HH].[HH].[HH].[HH].[HH].[HH]. The maximum atomic E-state index is 12.4. The van der Waals surface area contributed by atoms with E-state index >= 15 is 0 Å². The van der Waals surface area contributed by atoms with E-state index in [1.807, 2.05) is 34.6 Å². The first-order valence-corrected chi connectivity index (χ1v) is 11.8. The highest BCUT2D eigenvalue weighted by Gasteiger charge is 2.56. The Morgan fingerprint density at radius 3 is 1.70 bits per heavy atom. The molecular formula is C32H61NO4. The first-order chi connectivity index (χ1) is 17.6. The first kappa shape index (κ1) is 30.4. The quantitative estimate of drug-likeness (QED) is 0.225. The highest BCUT2D eigenvalue weighted by Crippen LogP contribution is 2.46. The summed E-state index contributed by atoms with van der Waals surface area (Å²) >= 11 is 0. The number of hydrogen-bond acceptors (Lipinski definition) is 5. The van der Waals surface area contributed by atoms with Crippen molar-refractivity contribution in [1.29, 1.82) is 0 Å².